The number of hydrogen-bond acceptors (Lipinski definition) is 3. The Morgan fingerprint density at radius 3 is 2.46 bits per heavy atom. The van der Waals surface area contributed by atoms with E-state index in [9.17, 15) is 9.18 Å². The molecule has 132 valence electrons. The molecule has 2 heterocycles. The van der Waals surface area contributed by atoms with Gasteiger partial charge in [0.15, 0.2) is 5.82 Å². The minimum Gasteiger partial charge on any atom is -0.444 e. The van der Waals surface area contributed by atoms with Crippen LogP contribution in [0.5, 0.6) is 0 Å². The fourth-order valence-corrected chi connectivity index (χ4v) is 3.83. The second kappa shape index (κ2) is 6.21. The lowest BCUT2D eigenvalue weighted by Crippen LogP contribution is -2.61. The molecule has 1 aromatic rings. The lowest BCUT2D eigenvalue weighted by molar-refractivity contribution is 0.00593. The highest BCUT2D eigenvalue weighted by Crippen LogP contribution is 2.44. The van der Waals surface area contributed by atoms with Crippen LogP contribution in [-0.4, -0.2) is 42.8 Å². The molecule has 0 atom stereocenters. The Morgan fingerprint density at radius 1 is 1.25 bits per heavy atom. The van der Waals surface area contributed by atoms with E-state index in [0.717, 1.165) is 25.9 Å². The highest BCUT2D eigenvalue weighted by atomic mass is 79.9. The maximum atomic E-state index is 14.2. The quantitative estimate of drug-likeness (QED) is 0.701. The maximum Gasteiger partial charge on any atom is 0.410 e. The van der Waals surface area contributed by atoms with Gasteiger partial charge < -0.3 is 14.5 Å². The van der Waals surface area contributed by atoms with Gasteiger partial charge in [0, 0.05) is 31.6 Å². The summed E-state index contributed by atoms with van der Waals surface area (Å²) in [5, 5.41) is 0. The average molecular weight is 399 g/mol. The number of rotatable bonds is 1. The third-order valence-corrected chi connectivity index (χ3v) is 5.41. The molecule has 0 unspecified atom stereocenters. The van der Waals surface area contributed by atoms with Crippen molar-refractivity contribution in [3.05, 3.63) is 28.5 Å². The number of carbonyl (C=O) groups excluding carboxylic acids is 1. The van der Waals surface area contributed by atoms with E-state index in [-0.39, 0.29) is 17.3 Å². The summed E-state index contributed by atoms with van der Waals surface area (Å²) in [5.41, 5.74) is 0.398. The molecule has 2 aliphatic rings. The molecule has 2 fully saturated rings. The molecule has 1 spiro atoms. The van der Waals surface area contributed by atoms with Gasteiger partial charge in [0.1, 0.15) is 5.60 Å². The molecule has 24 heavy (non-hydrogen) atoms. The molecule has 2 aliphatic heterocycles. The highest BCUT2D eigenvalue weighted by Gasteiger charge is 2.46. The van der Waals surface area contributed by atoms with Crippen molar-refractivity contribution < 1.29 is 13.9 Å². The van der Waals surface area contributed by atoms with Crippen LogP contribution in [0.4, 0.5) is 14.9 Å². The van der Waals surface area contributed by atoms with Crippen molar-refractivity contribution in [1.29, 1.82) is 0 Å². The zero-order chi connectivity index (χ0) is 17.5. The molecule has 0 N–H and O–H groups in total. The minimum atomic E-state index is -0.461. The van der Waals surface area contributed by atoms with Gasteiger partial charge in [0.2, 0.25) is 0 Å². The molecule has 0 saturated carbocycles. The normalized spacial score (nSPS) is 20.0. The van der Waals surface area contributed by atoms with Crippen molar-refractivity contribution >= 4 is 27.7 Å². The first-order valence-corrected chi connectivity index (χ1v) is 9.15. The summed E-state index contributed by atoms with van der Waals surface area (Å²) in [6.07, 6.45) is 1.66. The van der Waals surface area contributed by atoms with Crippen LogP contribution in [0.3, 0.4) is 0 Å². The second-order valence-electron chi connectivity index (χ2n) is 7.90. The Morgan fingerprint density at radius 2 is 1.88 bits per heavy atom. The predicted octanol–water partition coefficient (Wildman–Crippen LogP) is 4.43. The zero-order valence-electron chi connectivity index (χ0n) is 14.4. The molecule has 3 rings (SSSR count). The molecule has 0 aromatic heterocycles. The lowest BCUT2D eigenvalue weighted by atomic mass is 9.72. The first-order valence-electron chi connectivity index (χ1n) is 8.36. The molecule has 1 aromatic carbocycles. The van der Waals surface area contributed by atoms with Crippen molar-refractivity contribution in [2.75, 3.05) is 31.1 Å². The fourth-order valence-electron chi connectivity index (χ4n) is 3.48. The molecule has 0 radical (unpaired) electrons. The van der Waals surface area contributed by atoms with Gasteiger partial charge in [-0.3, -0.25) is 0 Å². The van der Waals surface area contributed by atoms with Crippen LogP contribution >= 0.6 is 15.9 Å². The summed E-state index contributed by atoms with van der Waals surface area (Å²) in [4.78, 5) is 16.0. The third kappa shape index (κ3) is 3.53. The van der Waals surface area contributed by atoms with E-state index in [1.165, 1.54) is 0 Å². The van der Waals surface area contributed by atoms with Gasteiger partial charge in [-0.1, -0.05) is 6.07 Å². The standard InChI is InChI=1S/C18H24BrFN2O2/c1-17(2,3)24-16(23)21-9-7-18(8-10-21)11-22(12-18)14-6-4-5-13(19)15(14)20/h4-6H,7-12H2,1-3H3. The number of nitrogens with zero attached hydrogens (tertiary/aromatic N) is 2. The second-order valence-corrected chi connectivity index (χ2v) is 8.75. The van der Waals surface area contributed by atoms with E-state index in [4.69, 9.17) is 4.74 Å². The fraction of sp³-hybridized carbons (Fsp3) is 0.611. The van der Waals surface area contributed by atoms with Crippen LogP contribution in [0.25, 0.3) is 0 Å². The van der Waals surface area contributed by atoms with Crippen LogP contribution in [-0.2, 0) is 4.74 Å². The zero-order valence-corrected chi connectivity index (χ0v) is 16.0. The summed E-state index contributed by atoms with van der Waals surface area (Å²) in [6.45, 7) is 8.77. The summed E-state index contributed by atoms with van der Waals surface area (Å²) in [5.74, 6) is -0.196. The van der Waals surface area contributed by atoms with Crippen LogP contribution in [0.2, 0.25) is 0 Å². The number of piperidine rings is 1. The van der Waals surface area contributed by atoms with E-state index < -0.39 is 5.60 Å². The van der Waals surface area contributed by atoms with E-state index in [0.29, 0.717) is 23.2 Å². The number of carbonyl (C=O) groups is 1. The summed E-state index contributed by atoms with van der Waals surface area (Å²) in [7, 11) is 0. The largest absolute Gasteiger partial charge is 0.444 e. The number of hydrogen-bond donors (Lipinski definition) is 0. The Balaban J connectivity index is 1.55. The SMILES string of the molecule is CC(C)(C)OC(=O)N1CCC2(CC1)CN(c1cccc(Br)c1F)C2. The van der Waals surface area contributed by atoms with Gasteiger partial charge in [0.05, 0.1) is 10.2 Å². The van der Waals surface area contributed by atoms with Gasteiger partial charge >= 0.3 is 6.09 Å². The Kier molecular flexibility index (Phi) is 4.53. The number of ether oxygens (including phenoxy) is 1. The number of halogens is 2. The van der Waals surface area contributed by atoms with Gasteiger partial charge in [-0.25, -0.2) is 9.18 Å². The maximum absolute atomic E-state index is 14.2. The van der Waals surface area contributed by atoms with Crippen LogP contribution in [0.15, 0.2) is 22.7 Å². The first-order chi connectivity index (χ1) is 11.2. The van der Waals surface area contributed by atoms with Crippen molar-refractivity contribution in [2.45, 2.75) is 39.2 Å². The summed E-state index contributed by atoms with van der Waals surface area (Å²) < 4.78 is 20.1. The number of likely N-dealkylation sites (tertiary alicyclic amines) is 1. The van der Waals surface area contributed by atoms with E-state index in [1.807, 2.05) is 32.9 Å². The van der Waals surface area contributed by atoms with Gasteiger partial charge in [-0.05, 0) is 61.7 Å². The molecule has 2 saturated heterocycles. The molecule has 4 nitrogen and oxygen atoms in total. The Bertz CT molecular complexity index is 628. The molecule has 0 aliphatic carbocycles. The van der Waals surface area contributed by atoms with Crippen LogP contribution < -0.4 is 4.90 Å². The number of amides is 1. The van der Waals surface area contributed by atoms with Crippen molar-refractivity contribution in [1.82, 2.24) is 4.90 Å². The molecular weight excluding hydrogens is 375 g/mol. The third-order valence-electron chi connectivity index (χ3n) is 4.80. The predicted molar refractivity (Wildman–Crippen MR) is 95.8 cm³/mol. The van der Waals surface area contributed by atoms with E-state index >= 15 is 0 Å². The summed E-state index contributed by atoms with van der Waals surface area (Å²) in [6, 6.07) is 5.40. The van der Waals surface area contributed by atoms with Crippen LogP contribution in [0, 0.1) is 11.2 Å². The van der Waals surface area contributed by atoms with E-state index in [1.54, 1.807) is 11.0 Å². The van der Waals surface area contributed by atoms with Gasteiger partial charge in [0.25, 0.3) is 0 Å². The number of benzene rings is 1. The van der Waals surface area contributed by atoms with Crippen molar-refractivity contribution in [3.63, 3.8) is 0 Å². The molecule has 0 bridgehead atoms. The van der Waals surface area contributed by atoms with Crippen LogP contribution in [0.1, 0.15) is 33.6 Å². The average Bonchev–Trinajstić information content (AvgIpc) is 2.46. The molecular formula is C18H24BrFN2O2. The van der Waals surface area contributed by atoms with E-state index in [2.05, 4.69) is 20.8 Å². The lowest BCUT2D eigenvalue weighted by Gasteiger charge is -2.55. The smallest absolute Gasteiger partial charge is 0.410 e. The van der Waals surface area contributed by atoms with Gasteiger partial charge in [-0.2, -0.15) is 0 Å². The summed E-state index contributed by atoms with van der Waals surface area (Å²) >= 11 is 3.24. The van der Waals surface area contributed by atoms with Crippen molar-refractivity contribution in [2.24, 2.45) is 5.41 Å². The topological polar surface area (TPSA) is 32.8 Å². The van der Waals surface area contributed by atoms with Gasteiger partial charge in [-0.15, -0.1) is 0 Å². The minimum absolute atomic E-state index is 0.196. The number of anilines is 1. The molecule has 1 amide bonds. The Labute approximate surface area is 151 Å². The molecule has 6 heteroatoms. The first kappa shape index (κ1) is 17.5. The Hall–Kier alpha value is -1.30. The monoisotopic (exact) mass is 398 g/mol. The highest BCUT2D eigenvalue weighted by molar-refractivity contribution is 9.10. The van der Waals surface area contributed by atoms with Crippen molar-refractivity contribution in [3.8, 4) is 0 Å².